The van der Waals surface area contributed by atoms with Crippen LogP contribution in [0.3, 0.4) is 0 Å². The highest BCUT2D eigenvalue weighted by molar-refractivity contribution is 7.89. The number of thiophene rings is 1. The zero-order valence-electron chi connectivity index (χ0n) is 14.4. The number of halogens is 1. The minimum Gasteiger partial charge on any atom is -0.321 e. The number of anilines is 1. The molecule has 0 fully saturated rings. The number of hydrogen-bond acceptors (Lipinski definition) is 4. The summed E-state index contributed by atoms with van der Waals surface area (Å²) in [6.07, 6.45) is 0. The third-order valence-corrected chi connectivity index (χ3v) is 7.44. The number of carbonyl (C=O) groups is 1. The molecule has 1 N–H and O–H groups in total. The van der Waals surface area contributed by atoms with E-state index in [4.69, 9.17) is 11.6 Å². The quantitative estimate of drug-likeness (QED) is 0.697. The summed E-state index contributed by atoms with van der Waals surface area (Å²) in [5.41, 5.74) is 1.51. The molecule has 8 heteroatoms. The molecule has 0 aliphatic rings. The van der Waals surface area contributed by atoms with E-state index in [2.05, 4.69) is 5.32 Å². The Labute approximate surface area is 161 Å². The molecule has 0 spiro atoms. The van der Waals surface area contributed by atoms with E-state index >= 15 is 0 Å². The lowest BCUT2D eigenvalue weighted by Crippen LogP contribution is -2.22. The zero-order valence-corrected chi connectivity index (χ0v) is 16.8. The van der Waals surface area contributed by atoms with E-state index in [9.17, 15) is 13.2 Å². The lowest BCUT2D eigenvalue weighted by Gasteiger charge is -2.11. The van der Waals surface area contributed by atoms with Crippen LogP contribution in [0.4, 0.5) is 5.69 Å². The first-order chi connectivity index (χ1) is 12.2. The van der Waals surface area contributed by atoms with Gasteiger partial charge in [0.05, 0.1) is 9.92 Å². The number of fused-ring (bicyclic) bond motifs is 1. The monoisotopic (exact) mass is 408 g/mol. The van der Waals surface area contributed by atoms with Gasteiger partial charge in [-0.05, 0) is 42.8 Å². The molecule has 0 aliphatic carbocycles. The molecule has 3 rings (SSSR count). The van der Waals surface area contributed by atoms with E-state index in [1.54, 1.807) is 12.1 Å². The van der Waals surface area contributed by atoms with Gasteiger partial charge in [-0.25, -0.2) is 12.7 Å². The predicted octanol–water partition coefficient (Wildman–Crippen LogP) is 4.37. The van der Waals surface area contributed by atoms with Gasteiger partial charge in [0.1, 0.15) is 4.88 Å². The van der Waals surface area contributed by atoms with Gasteiger partial charge in [0.2, 0.25) is 10.0 Å². The third kappa shape index (κ3) is 3.35. The van der Waals surface area contributed by atoms with Gasteiger partial charge in [0.15, 0.2) is 0 Å². The molecule has 0 saturated heterocycles. The van der Waals surface area contributed by atoms with Gasteiger partial charge in [0.25, 0.3) is 5.91 Å². The summed E-state index contributed by atoms with van der Waals surface area (Å²) in [6.45, 7) is 1.95. The molecule has 1 heterocycles. The van der Waals surface area contributed by atoms with Crippen LogP contribution < -0.4 is 5.32 Å². The normalized spacial score (nSPS) is 11.9. The molecule has 0 atom stereocenters. The summed E-state index contributed by atoms with van der Waals surface area (Å²) >= 11 is 7.74. The van der Waals surface area contributed by atoms with E-state index in [-0.39, 0.29) is 10.8 Å². The van der Waals surface area contributed by atoms with Crippen molar-refractivity contribution in [3.05, 3.63) is 57.9 Å². The van der Waals surface area contributed by atoms with Crippen LogP contribution in [0.2, 0.25) is 5.02 Å². The van der Waals surface area contributed by atoms with Crippen molar-refractivity contribution < 1.29 is 13.2 Å². The maximum Gasteiger partial charge on any atom is 0.267 e. The number of sulfonamides is 1. The van der Waals surface area contributed by atoms with Gasteiger partial charge in [-0.1, -0.05) is 23.7 Å². The van der Waals surface area contributed by atoms with Crippen LogP contribution in [-0.4, -0.2) is 32.7 Å². The first-order valence-electron chi connectivity index (χ1n) is 7.73. The first kappa shape index (κ1) is 18.8. The van der Waals surface area contributed by atoms with Crippen molar-refractivity contribution in [3.63, 3.8) is 0 Å². The Bertz CT molecular complexity index is 1090. The average molecular weight is 409 g/mol. The van der Waals surface area contributed by atoms with Crippen molar-refractivity contribution in [2.75, 3.05) is 19.4 Å². The summed E-state index contributed by atoms with van der Waals surface area (Å²) in [7, 11) is -0.564. The average Bonchev–Trinajstić information content (AvgIpc) is 2.93. The number of benzene rings is 2. The Morgan fingerprint density at radius 2 is 1.77 bits per heavy atom. The van der Waals surface area contributed by atoms with Crippen LogP contribution in [0.1, 0.15) is 15.2 Å². The van der Waals surface area contributed by atoms with E-state index in [0.717, 1.165) is 20.0 Å². The second-order valence-corrected chi connectivity index (χ2v) is 9.54. The molecule has 0 bridgehead atoms. The van der Waals surface area contributed by atoms with Crippen molar-refractivity contribution in [1.82, 2.24) is 4.31 Å². The van der Waals surface area contributed by atoms with E-state index in [0.29, 0.717) is 15.6 Å². The van der Waals surface area contributed by atoms with Crippen LogP contribution in [0.25, 0.3) is 10.1 Å². The Balaban J connectivity index is 1.87. The van der Waals surface area contributed by atoms with E-state index < -0.39 is 10.0 Å². The van der Waals surface area contributed by atoms with Gasteiger partial charge < -0.3 is 5.32 Å². The highest BCUT2D eigenvalue weighted by atomic mass is 35.5. The van der Waals surface area contributed by atoms with Gasteiger partial charge in [-0.3, -0.25) is 4.79 Å². The molecule has 1 aromatic heterocycles. The molecule has 2 aromatic carbocycles. The first-order valence-corrected chi connectivity index (χ1v) is 10.4. The van der Waals surface area contributed by atoms with Crippen molar-refractivity contribution >= 4 is 54.6 Å². The number of hydrogen-bond donors (Lipinski definition) is 1. The molecular formula is C18H17ClN2O3S2. The summed E-state index contributed by atoms with van der Waals surface area (Å²) in [4.78, 5) is 13.2. The number of aryl methyl sites for hydroxylation is 1. The smallest absolute Gasteiger partial charge is 0.267 e. The van der Waals surface area contributed by atoms with E-state index in [1.165, 1.54) is 37.6 Å². The molecule has 0 aliphatic heterocycles. The van der Waals surface area contributed by atoms with Crippen LogP contribution >= 0.6 is 22.9 Å². The number of carbonyl (C=O) groups excluding carboxylic acids is 1. The molecule has 26 heavy (non-hydrogen) atoms. The zero-order chi connectivity index (χ0) is 19.1. The lowest BCUT2D eigenvalue weighted by atomic mass is 10.1. The Morgan fingerprint density at radius 3 is 2.35 bits per heavy atom. The Hall–Kier alpha value is -1.93. The van der Waals surface area contributed by atoms with E-state index in [1.807, 2.05) is 25.1 Å². The minimum absolute atomic E-state index is 0.163. The second kappa shape index (κ2) is 7.00. The molecule has 0 saturated carbocycles. The number of amides is 1. The fraction of sp³-hybridized carbons (Fsp3) is 0.167. The van der Waals surface area contributed by atoms with Crippen LogP contribution in [-0.2, 0) is 10.0 Å². The number of rotatable bonds is 4. The summed E-state index contributed by atoms with van der Waals surface area (Å²) < 4.78 is 26.3. The highest BCUT2D eigenvalue weighted by Gasteiger charge is 2.20. The SMILES string of the molecule is Cc1cccc2sc(C(=O)Nc3ccc(S(=O)(=O)N(C)C)cc3)c(Cl)c12. The summed E-state index contributed by atoms with van der Waals surface area (Å²) in [6, 6.07) is 11.8. The van der Waals surface area contributed by atoms with Gasteiger partial charge in [-0.2, -0.15) is 0 Å². The Kier molecular flexibility index (Phi) is 5.07. The minimum atomic E-state index is -3.50. The predicted molar refractivity (Wildman–Crippen MR) is 107 cm³/mol. The largest absolute Gasteiger partial charge is 0.321 e. The lowest BCUT2D eigenvalue weighted by molar-refractivity contribution is 0.103. The van der Waals surface area contributed by atoms with Crippen molar-refractivity contribution in [2.45, 2.75) is 11.8 Å². The standard InChI is InChI=1S/C18H17ClN2O3S2/c1-11-5-4-6-14-15(11)16(19)17(25-14)18(22)20-12-7-9-13(10-8-12)26(23,24)21(2)3/h4-10H,1-3H3,(H,20,22). The summed E-state index contributed by atoms with van der Waals surface area (Å²) in [5, 5.41) is 4.09. The Morgan fingerprint density at radius 1 is 1.12 bits per heavy atom. The fourth-order valence-electron chi connectivity index (χ4n) is 2.53. The fourth-order valence-corrected chi connectivity index (χ4v) is 5.01. The van der Waals surface area contributed by atoms with Crippen molar-refractivity contribution in [3.8, 4) is 0 Å². The van der Waals surface area contributed by atoms with Gasteiger partial charge in [-0.15, -0.1) is 11.3 Å². The number of nitrogens with zero attached hydrogens (tertiary/aromatic N) is 1. The van der Waals surface area contributed by atoms with Gasteiger partial charge >= 0.3 is 0 Å². The topological polar surface area (TPSA) is 66.5 Å². The highest BCUT2D eigenvalue weighted by Crippen LogP contribution is 2.37. The molecule has 136 valence electrons. The summed E-state index contributed by atoms with van der Waals surface area (Å²) in [5.74, 6) is -0.321. The molecule has 0 unspecified atom stereocenters. The molecule has 0 radical (unpaired) electrons. The van der Waals surface area contributed by atoms with Crippen LogP contribution in [0.15, 0.2) is 47.4 Å². The maximum atomic E-state index is 12.6. The molecule has 5 nitrogen and oxygen atoms in total. The van der Waals surface area contributed by atoms with Crippen LogP contribution in [0.5, 0.6) is 0 Å². The number of nitrogens with one attached hydrogen (secondary N) is 1. The van der Waals surface area contributed by atoms with Crippen LogP contribution in [0, 0.1) is 6.92 Å². The third-order valence-electron chi connectivity index (χ3n) is 3.96. The van der Waals surface area contributed by atoms with Crippen molar-refractivity contribution in [2.24, 2.45) is 0 Å². The second-order valence-electron chi connectivity index (χ2n) is 5.96. The van der Waals surface area contributed by atoms with Crippen molar-refractivity contribution in [1.29, 1.82) is 0 Å². The molecular weight excluding hydrogens is 392 g/mol. The molecule has 1 amide bonds. The maximum absolute atomic E-state index is 12.6. The van der Waals surface area contributed by atoms with Gasteiger partial charge in [0, 0.05) is 29.9 Å². The molecule has 3 aromatic rings.